The van der Waals surface area contributed by atoms with Crippen molar-refractivity contribution in [2.45, 2.75) is 36.1 Å². The Balaban J connectivity index is 1.81. The Morgan fingerprint density at radius 2 is 1.93 bits per heavy atom. The highest BCUT2D eigenvalue weighted by Gasteiger charge is 2.62. The van der Waals surface area contributed by atoms with Crippen LogP contribution >= 0.6 is 0 Å². The van der Waals surface area contributed by atoms with Crippen molar-refractivity contribution in [2.75, 3.05) is 13.1 Å². The molecule has 1 saturated heterocycles. The van der Waals surface area contributed by atoms with Gasteiger partial charge in [0.1, 0.15) is 0 Å². The average molecular weight is 405 g/mol. The highest BCUT2D eigenvalue weighted by atomic mass is 32.2. The fourth-order valence-corrected chi connectivity index (χ4v) is 4.73. The van der Waals surface area contributed by atoms with Gasteiger partial charge in [-0.05, 0) is 25.0 Å². The zero-order valence-electron chi connectivity index (χ0n) is 14.1. The summed E-state index contributed by atoms with van der Waals surface area (Å²) < 4.78 is 66.0. The predicted octanol–water partition coefficient (Wildman–Crippen LogP) is 1.56. The predicted molar refractivity (Wildman–Crippen MR) is 88.9 cm³/mol. The van der Waals surface area contributed by atoms with E-state index in [-0.39, 0.29) is 29.4 Å². The Labute approximate surface area is 154 Å². The van der Waals surface area contributed by atoms with Gasteiger partial charge >= 0.3 is 6.18 Å². The van der Waals surface area contributed by atoms with Crippen LogP contribution in [0.5, 0.6) is 0 Å². The Morgan fingerprint density at radius 1 is 1.26 bits per heavy atom. The van der Waals surface area contributed by atoms with Crippen molar-refractivity contribution in [3.05, 3.63) is 30.3 Å². The lowest BCUT2D eigenvalue weighted by atomic mass is 9.97. The van der Waals surface area contributed by atoms with Crippen molar-refractivity contribution < 1.29 is 31.5 Å². The average Bonchev–Trinajstić information content (AvgIpc) is 3.05. The first-order valence-corrected chi connectivity index (χ1v) is 9.72. The SMILES string of the molecule is O=C(C1CCCN(S(=O)(=O)c2ccccc2)C1)N1N=CCC1(O)C(F)(F)F. The summed E-state index contributed by atoms with van der Waals surface area (Å²) in [6.07, 6.45) is -4.60. The number of amides is 1. The summed E-state index contributed by atoms with van der Waals surface area (Å²) in [6, 6.07) is 7.59. The van der Waals surface area contributed by atoms with Crippen molar-refractivity contribution in [3.8, 4) is 0 Å². The van der Waals surface area contributed by atoms with Crippen LogP contribution in [0.2, 0.25) is 0 Å². The molecule has 0 saturated carbocycles. The van der Waals surface area contributed by atoms with Crippen LogP contribution in [0.15, 0.2) is 40.3 Å². The number of rotatable bonds is 3. The lowest BCUT2D eigenvalue weighted by Crippen LogP contribution is -2.58. The fourth-order valence-electron chi connectivity index (χ4n) is 3.18. The first-order chi connectivity index (χ1) is 12.6. The summed E-state index contributed by atoms with van der Waals surface area (Å²) in [6.45, 7) is -0.107. The van der Waals surface area contributed by atoms with Crippen LogP contribution in [0.3, 0.4) is 0 Å². The molecule has 27 heavy (non-hydrogen) atoms. The summed E-state index contributed by atoms with van der Waals surface area (Å²) in [5.41, 5.74) is -3.40. The Morgan fingerprint density at radius 3 is 2.56 bits per heavy atom. The van der Waals surface area contributed by atoms with Crippen LogP contribution in [0.25, 0.3) is 0 Å². The molecule has 2 heterocycles. The van der Waals surface area contributed by atoms with E-state index >= 15 is 0 Å². The zero-order valence-corrected chi connectivity index (χ0v) is 14.9. The van der Waals surface area contributed by atoms with E-state index in [0.717, 1.165) is 10.5 Å². The molecule has 1 N–H and O–H groups in total. The minimum atomic E-state index is -5.08. The highest BCUT2D eigenvalue weighted by Crippen LogP contribution is 2.40. The molecule has 0 aromatic heterocycles. The monoisotopic (exact) mass is 405 g/mol. The molecule has 11 heteroatoms. The third-order valence-electron chi connectivity index (χ3n) is 4.70. The van der Waals surface area contributed by atoms with Crippen molar-refractivity contribution in [1.29, 1.82) is 0 Å². The minimum Gasteiger partial charge on any atom is -0.362 e. The van der Waals surface area contributed by atoms with Gasteiger partial charge in [-0.15, -0.1) is 0 Å². The summed E-state index contributed by atoms with van der Waals surface area (Å²) in [7, 11) is -3.87. The van der Waals surface area contributed by atoms with Crippen LogP contribution < -0.4 is 0 Å². The Hall–Kier alpha value is -1.98. The number of alkyl halides is 3. The zero-order chi connectivity index (χ0) is 19.9. The van der Waals surface area contributed by atoms with Crippen LogP contribution in [0.4, 0.5) is 13.2 Å². The fraction of sp³-hybridized carbons (Fsp3) is 0.500. The van der Waals surface area contributed by atoms with E-state index in [1.807, 2.05) is 0 Å². The van der Waals surface area contributed by atoms with Gasteiger partial charge in [0.15, 0.2) is 0 Å². The molecular weight excluding hydrogens is 387 g/mol. The van der Waals surface area contributed by atoms with Gasteiger partial charge in [-0.2, -0.15) is 27.6 Å². The molecule has 7 nitrogen and oxygen atoms in total. The summed E-state index contributed by atoms with van der Waals surface area (Å²) in [5, 5.41) is 13.4. The smallest absolute Gasteiger partial charge is 0.362 e. The molecule has 0 bridgehead atoms. The Kier molecular flexibility index (Phi) is 5.04. The number of hydrazone groups is 1. The van der Waals surface area contributed by atoms with Gasteiger partial charge in [0.25, 0.3) is 5.72 Å². The van der Waals surface area contributed by atoms with E-state index in [4.69, 9.17) is 0 Å². The van der Waals surface area contributed by atoms with Crippen molar-refractivity contribution >= 4 is 22.1 Å². The molecule has 2 atom stereocenters. The number of carbonyl (C=O) groups is 1. The van der Waals surface area contributed by atoms with Gasteiger partial charge in [-0.3, -0.25) is 4.79 Å². The highest BCUT2D eigenvalue weighted by molar-refractivity contribution is 7.89. The number of aliphatic hydroxyl groups is 1. The number of carbonyl (C=O) groups excluding carboxylic acids is 1. The summed E-state index contributed by atoms with van der Waals surface area (Å²) in [5.74, 6) is -2.07. The molecule has 2 aliphatic rings. The number of nitrogens with zero attached hydrogens (tertiary/aromatic N) is 3. The number of hydrogen-bond donors (Lipinski definition) is 1. The van der Waals surface area contributed by atoms with Gasteiger partial charge in [-0.25, -0.2) is 8.42 Å². The molecule has 2 unspecified atom stereocenters. The van der Waals surface area contributed by atoms with E-state index in [1.165, 1.54) is 12.1 Å². The second-order valence-electron chi connectivity index (χ2n) is 6.48. The molecule has 0 spiro atoms. The number of sulfonamides is 1. The maximum absolute atomic E-state index is 13.2. The maximum Gasteiger partial charge on any atom is 0.438 e. The second kappa shape index (κ2) is 6.88. The molecule has 1 aromatic carbocycles. The lowest BCUT2D eigenvalue weighted by molar-refractivity contribution is -0.303. The standard InChI is InChI=1S/C16H18F3N3O4S/c17-16(18,19)15(24)8-9-20-22(15)14(23)12-5-4-10-21(11-12)27(25,26)13-6-2-1-3-7-13/h1-3,6-7,9,12,24H,4-5,8,10-11H2. The van der Waals surface area contributed by atoms with Gasteiger partial charge in [0, 0.05) is 25.7 Å². The van der Waals surface area contributed by atoms with Gasteiger partial charge < -0.3 is 5.11 Å². The van der Waals surface area contributed by atoms with E-state index in [9.17, 15) is 31.5 Å². The normalized spacial score (nSPS) is 27.1. The third kappa shape index (κ3) is 3.46. The molecule has 1 amide bonds. The van der Waals surface area contributed by atoms with Crippen LogP contribution in [0, 0.1) is 5.92 Å². The van der Waals surface area contributed by atoms with Gasteiger partial charge in [-0.1, -0.05) is 18.2 Å². The first kappa shape index (κ1) is 19.8. The third-order valence-corrected chi connectivity index (χ3v) is 6.58. The van der Waals surface area contributed by atoms with E-state index in [0.29, 0.717) is 6.42 Å². The van der Waals surface area contributed by atoms with Crippen molar-refractivity contribution in [1.82, 2.24) is 9.31 Å². The summed E-state index contributed by atoms with van der Waals surface area (Å²) >= 11 is 0. The van der Waals surface area contributed by atoms with Crippen LogP contribution in [0.1, 0.15) is 19.3 Å². The topological polar surface area (TPSA) is 90.3 Å². The van der Waals surface area contributed by atoms with Crippen LogP contribution in [-0.4, -0.2) is 60.0 Å². The largest absolute Gasteiger partial charge is 0.438 e. The molecule has 1 aromatic rings. The minimum absolute atomic E-state index is 0.0380. The van der Waals surface area contributed by atoms with E-state index in [1.54, 1.807) is 18.2 Å². The first-order valence-electron chi connectivity index (χ1n) is 8.28. The van der Waals surface area contributed by atoms with Crippen LogP contribution in [-0.2, 0) is 14.8 Å². The van der Waals surface area contributed by atoms with Crippen molar-refractivity contribution in [2.24, 2.45) is 11.0 Å². The second-order valence-corrected chi connectivity index (χ2v) is 8.42. The molecule has 0 radical (unpaired) electrons. The maximum atomic E-state index is 13.2. The lowest BCUT2D eigenvalue weighted by Gasteiger charge is -2.37. The van der Waals surface area contributed by atoms with Gasteiger partial charge in [0.05, 0.1) is 10.8 Å². The molecule has 1 fully saturated rings. The van der Waals surface area contributed by atoms with Gasteiger partial charge in [0.2, 0.25) is 15.9 Å². The van der Waals surface area contributed by atoms with E-state index in [2.05, 4.69) is 5.10 Å². The molecule has 3 rings (SSSR count). The Bertz CT molecular complexity index is 844. The summed E-state index contributed by atoms with van der Waals surface area (Å²) in [4.78, 5) is 12.6. The number of benzene rings is 1. The van der Waals surface area contributed by atoms with E-state index < -0.39 is 40.2 Å². The van der Waals surface area contributed by atoms with Crippen molar-refractivity contribution in [3.63, 3.8) is 0 Å². The number of piperidine rings is 1. The molecular formula is C16H18F3N3O4S. The number of hydrogen-bond acceptors (Lipinski definition) is 5. The number of halogens is 3. The molecule has 2 aliphatic heterocycles. The molecule has 148 valence electrons. The molecule has 0 aliphatic carbocycles. The quantitative estimate of drug-likeness (QED) is 0.826.